The summed E-state index contributed by atoms with van der Waals surface area (Å²) >= 11 is 9.33. The van der Waals surface area contributed by atoms with Gasteiger partial charge in [-0.1, -0.05) is 23.7 Å². The number of halogens is 2. The van der Waals surface area contributed by atoms with Crippen LogP contribution in [0.1, 0.15) is 22.7 Å². The number of aryl methyl sites for hydroxylation is 1. The molecule has 2 aromatic rings. The lowest BCUT2D eigenvalue weighted by molar-refractivity contribution is -0.138. The van der Waals surface area contributed by atoms with Crippen LogP contribution in [0.4, 0.5) is 0 Å². The van der Waals surface area contributed by atoms with Crippen LogP contribution in [0.25, 0.3) is 0 Å². The monoisotopic (exact) mass is 353 g/mol. The Morgan fingerprint density at radius 2 is 2.20 bits per heavy atom. The van der Waals surface area contributed by atoms with Crippen molar-refractivity contribution in [3.63, 3.8) is 0 Å². The Hall–Kier alpha value is -1.39. The molecule has 0 radical (unpaired) electrons. The van der Waals surface area contributed by atoms with E-state index < -0.39 is 11.9 Å². The van der Waals surface area contributed by atoms with Gasteiger partial charge in [0.25, 0.3) is 0 Å². The highest BCUT2D eigenvalue weighted by atomic mass is 79.9. The predicted molar refractivity (Wildman–Crippen MR) is 82.2 cm³/mol. The topological polar surface area (TPSA) is 50.2 Å². The van der Waals surface area contributed by atoms with Crippen molar-refractivity contribution in [1.29, 1.82) is 0 Å². The molecule has 3 nitrogen and oxygen atoms in total. The van der Waals surface area contributed by atoms with Crippen molar-refractivity contribution in [3.8, 4) is 0 Å². The number of aliphatic carboxylic acids is 1. The smallest absolute Gasteiger partial charge is 0.312 e. The fourth-order valence-corrected chi connectivity index (χ4v) is 2.95. The standard InChI is InChI=1S/C15H13BrClNO2/c1-9-5-13(16)14(18-8-9)12(15(19)20)7-10-3-2-4-11(17)6-10/h2-6,8,12H,7H2,1H3,(H,19,20). The van der Waals surface area contributed by atoms with E-state index in [0.717, 1.165) is 11.1 Å². The van der Waals surface area contributed by atoms with E-state index >= 15 is 0 Å². The van der Waals surface area contributed by atoms with Gasteiger partial charge >= 0.3 is 5.97 Å². The number of hydrogen-bond donors (Lipinski definition) is 1. The van der Waals surface area contributed by atoms with Gasteiger partial charge in [-0.15, -0.1) is 0 Å². The minimum Gasteiger partial charge on any atom is -0.481 e. The molecule has 0 fully saturated rings. The zero-order chi connectivity index (χ0) is 14.7. The molecule has 0 saturated carbocycles. The summed E-state index contributed by atoms with van der Waals surface area (Å²) in [7, 11) is 0. The summed E-state index contributed by atoms with van der Waals surface area (Å²) in [6.45, 7) is 1.91. The molecule has 1 heterocycles. The minimum atomic E-state index is -0.901. The normalized spacial score (nSPS) is 12.2. The third-order valence-corrected chi connectivity index (χ3v) is 3.83. The maximum Gasteiger partial charge on any atom is 0.312 e. The van der Waals surface area contributed by atoms with Gasteiger partial charge in [0.15, 0.2) is 0 Å². The molecule has 0 aliphatic carbocycles. The first-order valence-corrected chi connectivity index (χ1v) is 7.24. The van der Waals surface area contributed by atoms with E-state index in [0.29, 0.717) is 21.6 Å². The Kier molecular flexibility index (Phi) is 4.78. The molecule has 1 N–H and O–H groups in total. The molecule has 0 bridgehead atoms. The summed E-state index contributed by atoms with van der Waals surface area (Å²) in [4.78, 5) is 15.8. The maximum absolute atomic E-state index is 11.5. The van der Waals surface area contributed by atoms with E-state index in [-0.39, 0.29) is 0 Å². The molecule has 104 valence electrons. The van der Waals surface area contributed by atoms with E-state index in [2.05, 4.69) is 20.9 Å². The van der Waals surface area contributed by atoms with Crippen LogP contribution in [0.5, 0.6) is 0 Å². The van der Waals surface area contributed by atoms with Gasteiger partial charge in [-0.05, 0) is 58.6 Å². The average molecular weight is 355 g/mol. The Labute approximate surface area is 130 Å². The van der Waals surface area contributed by atoms with Crippen LogP contribution in [0.2, 0.25) is 5.02 Å². The second-order valence-electron chi connectivity index (χ2n) is 4.60. The van der Waals surface area contributed by atoms with Crippen molar-refractivity contribution in [1.82, 2.24) is 4.98 Å². The Morgan fingerprint density at radius 3 is 2.80 bits per heavy atom. The van der Waals surface area contributed by atoms with Gasteiger partial charge in [0.1, 0.15) is 5.92 Å². The van der Waals surface area contributed by atoms with Crippen molar-refractivity contribution in [2.45, 2.75) is 19.3 Å². The summed E-state index contributed by atoms with van der Waals surface area (Å²) in [5.74, 6) is -1.61. The maximum atomic E-state index is 11.5. The first kappa shape index (κ1) is 15.0. The highest BCUT2D eigenvalue weighted by molar-refractivity contribution is 9.10. The van der Waals surface area contributed by atoms with Gasteiger partial charge in [0.05, 0.1) is 5.69 Å². The summed E-state index contributed by atoms with van der Waals surface area (Å²) in [5.41, 5.74) is 2.38. The highest BCUT2D eigenvalue weighted by Crippen LogP contribution is 2.27. The molecule has 0 saturated heterocycles. The number of aromatic nitrogens is 1. The molecule has 1 atom stereocenters. The molecule has 1 aromatic heterocycles. The molecule has 20 heavy (non-hydrogen) atoms. The predicted octanol–water partition coefficient (Wildman–Crippen LogP) is 4.22. The van der Waals surface area contributed by atoms with Gasteiger partial charge in [0, 0.05) is 15.7 Å². The number of carboxylic acids is 1. The van der Waals surface area contributed by atoms with Crippen LogP contribution in [-0.2, 0) is 11.2 Å². The molecular formula is C15H13BrClNO2. The average Bonchev–Trinajstić information content (AvgIpc) is 2.36. The number of benzene rings is 1. The zero-order valence-corrected chi connectivity index (χ0v) is 13.1. The van der Waals surface area contributed by atoms with Gasteiger partial charge in [0.2, 0.25) is 0 Å². The van der Waals surface area contributed by atoms with Crippen LogP contribution in [0.15, 0.2) is 41.0 Å². The van der Waals surface area contributed by atoms with E-state index in [4.69, 9.17) is 11.6 Å². The molecule has 1 unspecified atom stereocenters. The second-order valence-corrected chi connectivity index (χ2v) is 5.90. The van der Waals surface area contributed by atoms with Gasteiger partial charge in [-0.2, -0.15) is 0 Å². The number of rotatable bonds is 4. The van der Waals surface area contributed by atoms with Crippen molar-refractivity contribution < 1.29 is 9.90 Å². The quantitative estimate of drug-likeness (QED) is 0.894. The van der Waals surface area contributed by atoms with Gasteiger partial charge < -0.3 is 5.11 Å². The summed E-state index contributed by atoms with van der Waals surface area (Å²) in [6, 6.07) is 9.09. The Bertz CT molecular complexity index is 646. The molecule has 1 aromatic carbocycles. The Balaban J connectivity index is 2.34. The number of carbonyl (C=O) groups is 1. The molecule has 2 rings (SSSR count). The summed E-state index contributed by atoms with van der Waals surface area (Å²) in [5, 5.41) is 10.1. The molecule has 0 amide bonds. The highest BCUT2D eigenvalue weighted by Gasteiger charge is 2.24. The molecule has 0 aliphatic heterocycles. The van der Waals surface area contributed by atoms with E-state index in [1.807, 2.05) is 25.1 Å². The van der Waals surface area contributed by atoms with Crippen molar-refractivity contribution in [3.05, 3.63) is 62.8 Å². The van der Waals surface area contributed by atoms with E-state index in [1.165, 1.54) is 0 Å². The third-order valence-electron chi connectivity index (χ3n) is 2.96. The van der Waals surface area contributed by atoms with Crippen molar-refractivity contribution in [2.24, 2.45) is 0 Å². The zero-order valence-electron chi connectivity index (χ0n) is 10.8. The minimum absolute atomic E-state index is 0.352. The first-order valence-electron chi connectivity index (χ1n) is 6.06. The van der Waals surface area contributed by atoms with Crippen LogP contribution in [0.3, 0.4) is 0 Å². The largest absolute Gasteiger partial charge is 0.481 e. The third kappa shape index (κ3) is 3.58. The van der Waals surface area contributed by atoms with E-state index in [9.17, 15) is 9.90 Å². The van der Waals surface area contributed by atoms with Crippen LogP contribution in [-0.4, -0.2) is 16.1 Å². The fraction of sp³-hybridized carbons (Fsp3) is 0.200. The fourth-order valence-electron chi connectivity index (χ4n) is 2.00. The Morgan fingerprint density at radius 1 is 1.45 bits per heavy atom. The lowest BCUT2D eigenvalue weighted by Crippen LogP contribution is -2.16. The van der Waals surface area contributed by atoms with Gasteiger partial charge in [-0.25, -0.2) is 0 Å². The molecule has 0 aliphatic rings. The lowest BCUT2D eigenvalue weighted by atomic mass is 9.95. The molecule has 0 spiro atoms. The van der Waals surface area contributed by atoms with Crippen molar-refractivity contribution >= 4 is 33.5 Å². The first-order chi connectivity index (χ1) is 9.47. The number of nitrogens with zero attached hydrogens (tertiary/aromatic N) is 1. The van der Waals surface area contributed by atoms with Gasteiger partial charge in [-0.3, -0.25) is 9.78 Å². The van der Waals surface area contributed by atoms with Crippen LogP contribution >= 0.6 is 27.5 Å². The van der Waals surface area contributed by atoms with Crippen LogP contribution < -0.4 is 0 Å². The van der Waals surface area contributed by atoms with Crippen molar-refractivity contribution in [2.75, 3.05) is 0 Å². The molecule has 5 heteroatoms. The second kappa shape index (κ2) is 6.37. The molecular weight excluding hydrogens is 342 g/mol. The summed E-state index contributed by atoms with van der Waals surface area (Å²) in [6.07, 6.45) is 2.03. The number of carboxylic acid groups (broad SMARTS) is 1. The lowest BCUT2D eigenvalue weighted by Gasteiger charge is -2.14. The van der Waals surface area contributed by atoms with Crippen LogP contribution in [0, 0.1) is 6.92 Å². The number of pyridine rings is 1. The SMILES string of the molecule is Cc1cnc(C(Cc2cccc(Cl)c2)C(=O)O)c(Br)c1. The summed E-state index contributed by atoms with van der Waals surface area (Å²) < 4.78 is 0.715. The number of hydrogen-bond acceptors (Lipinski definition) is 2. The van der Waals surface area contributed by atoms with E-state index in [1.54, 1.807) is 18.3 Å².